The monoisotopic (exact) mass is 311 g/mol. The van der Waals surface area contributed by atoms with Gasteiger partial charge >= 0.3 is 0 Å². The summed E-state index contributed by atoms with van der Waals surface area (Å²) in [6, 6.07) is 8.69. The van der Waals surface area contributed by atoms with E-state index in [1.807, 2.05) is 11.8 Å². The number of benzene rings is 1. The topological polar surface area (TPSA) is 20.3 Å². The summed E-state index contributed by atoms with van der Waals surface area (Å²) < 4.78 is 0. The lowest BCUT2D eigenvalue weighted by Gasteiger charge is -2.30. The summed E-state index contributed by atoms with van der Waals surface area (Å²) in [4.78, 5) is 14.5. The number of allylic oxidation sites excluding steroid dienone is 4. The SMILES string of the molecule is CC1CC2SC(c3ccc(N(C)C)cc3)=CC=C2C=C1C=O. The molecule has 1 aromatic rings. The maximum absolute atomic E-state index is 11.1. The van der Waals surface area contributed by atoms with Gasteiger partial charge in [-0.25, -0.2) is 0 Å². The van der Waals surface area contributed by atoms with Crippen LogP contribution in [0, 0.1) is 5.92 Å². The van der Waals surface area contributed by atoms with E-state index in [4.69, 9.17) is 0 Å². The summed E-state index contributed by atoms with van der Waals surface area (Å²) in [5.74, 6) is 0.350. The van der Waals surface area contributed by atoms with Crippen LogP contribution in [0.5, 0.6) is 0 Å². The Hall–Kier alpha value is -1.74. The number of thioether (sulfide) groups is 1. The van der Waals surface area contributed by atoms with Crippen molar-refractivity contribution >= 4 is 28.6 Å². The van der Waals surface area contributed by atoms with Crippen molar-refractivity contribution in [2.75, 3.05) is 19.0 Å². The van der Waals surface area contributed by atoms with Crippen LogP contribution in [0.4, 0.5) is 5.69 Å². The lowest BCUT2D eigenvalue weighted by molar-refractivity contribution is -0.105. The minimum absolute atomic E-state index is 0.350. The predicted octanol–water partition coefficient (Wildman–Crippen LogP) is 4.30. The Morgan fingerprint density at radius 2 is 1.91 bits per heavy atom. The van der Waals surface area contributed by atoms with Crippen LogP contribution in [-0.2, 0) is 4.79 Å². The molecule has 0 saturated heterocycles. The van der Waals surface area contributed by atoms with Crippen LogP contribution >= 0.6 is 11.8 Å². The van der Waals surface area contributed by atoms with Crippen LogP contribution in [0.2, 0.25) is 0 Å². The van der Waals surface area contributed by atoms with E-state index in [2.05, 4.69) is 68.4 Å². The maximum Gasteiger partial charge on any atom is 0.146 e. The number of carbonyl (C=O) groups is 1. The Bertz CT molecular complexity index is 667. The summed E-state index contributed by atoms with van der Waals surface area (Å²) in [6.07, 6.45) is 8.46. The van der Waals surface area contributed by atoms with Crippen LogP contribution in [0.25, 0.3) is 4.91 Å². The number of rotatable bonds is 3. The van der Waals surface area contributed by atoms with E-state index in [1.165, 1.54) is 21.7 Å². The molecule has 0 saturated carbocycles. The molecule has 1 heterocycles. The highest BCUT2D eigenvalue weighted by Gasteiger charge is 2.27. The van der Waals surface area contributed by atoms with Crippen molar-refractivity contribution in [3.05, 3.63) is 59.2 Å². The van der Waals surface area contributed by atoms with E-state index in [-0.39, 0.29) is 0 Å². The molecule has 3 rings (SSSR count). The number of hydrogen-bond acceptors (Lipinski definition) is 3. The van der Waals surface area contributed by atoms with Crippen LogP contribution in [0.15, 0.2) is 53.6 Å². The zero-order valence-corrected chi connectivity index (χ0v) is 14.1. The number of nitrogens with zero attached hydrogens (tertiary/aromatic N) is 1. The van der Waals surface area contributed by atoms with Crippen molar-refractivity contribution in [3.63, 3.8) is 0 Å². The van der Waals surface area contributed by atoms with Gasteiger partial charge in [0.15, 0.2) is 0 Å². The Morgan fingerprint density at radius 1 is 1.18 bits per heavy atom. The molecule has 0 spiro atoms. The number of hydrogen-bond donors (Lipinski definition) is 0. The van der Waals surface area contributed by atoms with Gasteiger partial charge in [0.1, 0.15) is 6.29 Å². The summed E-state index contributed by atoms with van der Waals surface area (Å²) in [7, 11) is 4.11. The second-order valence-electron chi connectivity index (χ2n) is 6.14. The van der Waals surface area contributed by atoms with E-state index in [0.717, 1.165) is 18.3 Å². The van der Waals surface area contributed by atoms with Gasteiger partial charge in [-0.15, -0.1) is 11.8 Å². The van der Waals surface area contributed by atoms with Crippen LogP contribution in [0.1, 0.15) is 18.9 Å². The first kappa shape index (κ1) is 15.2. The maximum atomic E-state index is 11.1. The Kier molecular flexibility index (Phi) is 4.25. The third-order valence-corrected chi connectivity index (χ3v) is 5.72. The first-order valence-corrected chi connectivity index (χ1v) is 8.49. The number of anilines is 1. The fraction of sp³-hybridized carbons (Fsp3) is 0.316. The molecule has 114 valence electrons. The van der Waals surface area contributed by atoms with Gasteiger partial charge in [-0.3, -0.25) is 4.79 Å². The Morgan fingerprint density at radius 3 is 2.55 bits per heavy atom. The Balaban J connectivity index is 1.86. The van der Waals surface area contributed by atoms with Gasteiger partial charge < -0.3 is 4.90 Å². The molecule has 0 bridgehead atoms. The lowest BCUT2D eigenvalue weighted by atomic mass is 9.86. The highest BCUT2D eigenvalue weighted by atomic mass is 32.2. The number of fused-ring (bicyclic) bond motifs is 1. The minimum Gasteiger partial charge on any atom is -0.378 e. The minimum atomic E-state index is 0.350. The van der Waals surface area contributed by atoms with Crippen molar-refractivity contribution in [1.29, 1.82) is 0 Å². The lowest BCUT2D eigenvalue weighted by Crippen LogP contribution is -2.20. The molecule has 2 nitrogen and oxygen atoms in total. The molecule has 1 aliphatic heterocycles. The molecule has 1 aliphatic carbocycles. The van der Waals surface area contributed by atoms with Gasteiger partial charge in [0, 0.05) is 29.9 Å². The largest absolute Gasteiger partial charge is 0.378 e. The van der Waals surface area contributed by atoms with Crippen LogP contribution in [0.3, 0.4) is 0 Å². The van der Waals surface area contributed by atoms with Gasteiger partial charge in [0.25, 0.3) is 0 Å². The average molecular weight is 311 g/mol. The van der Waals surface area contributed by atoms with Crippen molar-refractivity contribution in [1.82, 2.24) is 0 Å². The highest BCUT2D eigenvalue weighted by molar-refractivity contribution is 8.09. The summed E-state index contributed by atoms with van der Waals surface area (Å²) in [5.41, 5.74) is 4.68. The highest BCUT2D eigenvalue weighted by Crippen LogP contribution is 2.44. The Labute approximate surface area is 136 Å². The standard InChI is InChI=1S/C19H21NOS/c1-13-10-19-15(11-16(13)12-21)6-9-18(22-19)14-4-7-17(8-5-14)20(2)3/h4-9,11-13,19H,10H2,1-3H3. The first-order valence-electron chi connectivity index (χ1n) is 7.61. The quantitative estimate of drug-likeness (QED) is 0.776. The van der Waals surface area contributed by atoms with E-state index in [0.29, 0.717) is 11.2 Å². The smallest absolute Gasteiger partial charge is 0.146 e. The molecule has 2 aliphatic rings. The second-order valence-corrected chi connectivity index (χ2v) is 7.39. The fourth-order valence-electron chi connectivity index (χ4n) is 2.90. The predicted molar refractivity (Wildman–Crippen MR) is 96.1 cm³/mol. The normalized spacial score (nSPS) is 23.9. The third kappa shape index (κ3) is 2.91. The second kappa shape index (κ2) is 6.17. The van der Waals surface area contributed by atoms with Gasteiger partial charge in [-0.2, -0.15) is 0 Å². The van der Waals surface area contributed by atoms with Crippen LogP contribution in [-0.4, -0.2) is 25.6 Å². The molecule has 2 atom stereocenters. The molecule has 2 unspecified atom stereocenters. The van der Waals surface area contributed by atoms with Crippen molar-refractivity contribution in [3.8, 4) is 0 Å². The average Bonchev–Trinajstić information content (AvgIpc) is 2.53. The van der Waals surface area contributed by atoms with Gasteiger partial charge in [-0.05, 0) is 47.3 Å². The molecular formula is C19H21NOS. The molecule has 0 N–H and O–H groups in total. The van der Waals surface area contributed by atoms with E-state index >= 15 is 0 Å². The number of carbonyl (C=O) groups excluding carboxylic acids is 1. The summed E-state index contributed by atoms with van der Waals surface area (Å²) in [5, 5.41) is 0.465. The zero-order valence-electron chi connectivity index (χ0n) is 13.2. The van der Waals surface area contributed by atoms with Gasteiger partial charge in [0.2, 0.25) is 0 Å². The molecule has 0 aromatic heterocycles. The van der Waals surface area contributed by atoms with E-state index < -0.39 is 0 Å². The van der Waals surface area contributed by atoms with Crippen molar-refractivity contribution < 1.29 is 4.79 Å². The molecular weight excluding hydrogens is 290 g/mol. The molecule has 0 fully saturated rings. The third-order valence-electron chi connectivity index (χ3n) is 4.34. The number of aldehydes is 1. The first-order chi connectivity index (χ1) is 10.6. The zero-order chi connectivity index (χ0) is 15.7. The molecule has 0 radical (unpaired) electrons. The molecule has 0 amide bonds. The van der Waals surface area contributed by atoms with E-state index in [1.54, 1.807) is 0 Å². The molecule has 1 aromatic carbocycles. The van der Waals surface area contributed by atoms with Crippen molar-refractivity contribution in [2.45, 2.75) is 18.6 Å². The van der Waals surface area contributed by atoms with E-state index in [9.17, 15) is 4.79 Å². The van der Waals surface area contributed by atoms with Gasteiger partial charge in [0.05, 0.1) is 0 Å². The molecule has 22 heavy (non-hydrogen) atoms. The van der Waals surface area contributed by atoms with Crippen molar-refractivity contribution in [2.24, 2.45) is 5.92 Å². The summed E-state index contributed by atoms with van der Waals surface area (Å²) in [6.45, 7) is 2.14. The molecule has 3 heteroatoms. The fourth-order valence-corrected chi connectivity index (χ4v) is 4.29. The van der Waals surface area contributed by atoms with Crippen LogP contribution < -0.4 is 4.90 Å². The summed E-state index contributed by atoms with van der Waals surface area (Å²) >= 11 is 1.92. The van der Waals surface area contributed by atoms with Gasteiger partial charge in [-0.1, -0.05) is 31.2 Å².